The second-order valence-electron chi connectivity index (χ2n) is 21.3. The van der Waals surface area contributed by atoms with Gasteiger partial charge in [-0.3, -0.25) is 14.4 Å². The normalized spacial score (nSPS) is 12.5. The van der Waals surface area contributed by atoms with Crippen LogP contribution in [0.25, 0.3) is 0 Å². The molecule has 0 N–H and O–H groups in total. The Balaban J connectivity index is 4.30. The van der Waals surface area contributed by atoms with Crippen LogP contribution in [0.1, 0.15) is 323 Å². The molecule has 0 aromatic heterocycles. The fourth-order valence-corrected chi connectivity index (χ4v) is 9.16. The van der Waals surface area contributed by atoms with Crippen molar-refractivity contribution in [3.8, 4) is 0 Å². The van der Waals surface area contributed by atoms with Crippen LogP contribution in [0.4, 0.5) is 0 Å². The van der Waals surface area contributed by atoms with E-state index in [1.54, 1.807) is 0 Å². The molecule has 0 saturated carbocycles. The molecular formula is C68H120O6. The third-order valence-electron chi connectivity index (χ3n) is 13.9. The summed E-state index contributed by atoms with van der Waals surface area (Å²) >= 11 is 0. The van der Waals surface area contributed by atoms with Crippen molar-refractivity contribution in [3.05, 3.63) is 72.9 Å². The maximum absolute atomic E-state index is 12.9. The van der Waals surface area contributed by atoms with Gasteiger partial charge in [-0.2, -0.15) is 0 Å². The van der Waals surface area contributed by atoms with Crippen LogP contribution in [0.15, 0.2) is 72.9 Å². The molecule has 1 atom stereocenters. The monoisotopic (exact) mass is 1030 g/mol. The highest BCUT2D eigenvalue weighted by Crippen LogP contribution is 2.17. The van der Waals surface area contributed by atoms with Crippen LogP contribution in [0.3, 0.4) is 0 Å². The largest absolute Gasteiger partial charge is 0.462 e. The molecular weight excluding hydrogens is 913 g/mol. The minimum atomic E-state index is -0.794. The summed E-state index contributed by atoms with van der Waals surface area (Å²) in [5.74, 6) is -0.912. The van der Waals surface area contributed by atoms with Gasteiger partial charge >= 0.3 is 17.9 Å². The molecule has 0 saturated heterocycles. The van der Waals surface area contributed by atoms with Gasteiger partial charge in [0.25, 0.3) is 0 Å². The van der Waals surface area contributed by atoms with E-state index in [0.717, 1.165) is 122 Å². The van der Waals surface area contributed by atoms with E-state index < -0.39 is 6.10 Å². The fourth-order valence-electron chi connectivity index (χ4n) is 9.16. The first-order valence-corrected chi connectivity index (χ1v) is 31.9. The SMILES string of the molecule is CC/C=C\C/C=C\C/C=C\C/C=C\CCCCCCC(=O)OC(COC(=O)CCCCCCC/C=C\C/C=C\CCCC)COC(=O)CCCCCCCCCCCCCCCCCCCCCCCCCCC. The minimum absolute atomic E-state index is 0.0875. The van der Waals surface area contributed by atoms with Gasteiger partial charge in [0, 0.05) is 19.3 Å². The molecule has 1 unspecified atom stereocenters. The van der Waals surface area contributed by atoms with Crippen molar-refractivity contribution in [2.45, 2.75) is 329 Å². The van der Waals surface area contributed by atoms with E-state index in [2.05, 4.69) is 93.7 Å². The lowest BCUT2D eigenvalue weighted by atomic mass is 10.0. The lowest BCUT2D eigenvalue weighted by Crippen LogP contribution is -2.30. The van der Waals surface area contributed by atoms with E-state index in [9.17, 15) is 14.4 Å². The molecule has 0 bridgehead atoms. The molecule has 0 aromatic rings. The Bertz CT molecular complexity index is 1370. The van der Waals surface area contributed by atoms with Crippen molar-refractivity contribution in [1.82, 2.24) is 0 Å². The summed E-state index contributed by atoms with van der Waals surface area (Å²) in [6, 6.07) is 0. The summed E-state index contributed by atoms with van der Waals surface area (Å²) in [6.07, 6.45) is 80.6. The summed E-state index contributed by atoms with van der Waals surface area (Å²) in [7, 11) is 0. The van der Waals surface area contributed by atoms with E-state index in [-0.39, 0.29) is 31.1 Å². The smallest absolute Gasteiger partial charge is 0.306 e. The van der Waals surface area contributed by atoms with E-state index in [1.807, 2.05) is 0 Å². The predicted molar refractivity (Wildman–Crippen MR) is 321 cm³/mol. The van der Waals surface area contributed by atoms with Crippen LogP contribution >= 0.6 is 0 Å². The number of carbonyl (C=O) groups is 3. The van der Waals surface area contributed by atoms with Gasteiger partial charge in [-0.1, -0.05) is 293 Å². The van der Waals surface area contributed by atoms with Gasteiger partial charge in [0.15, 0.2) is 6.10 Å². The van der Waals surface area contributed by atoms with Crippen molar-refractivity contribution in [1.29, 1.82) is 0 Å². The molecule has 428 valence electrons. The Labute approximate surface area is 459 Å². The lowest BCUT2D eigenvalue weighted by molar-refractivity contribution is -0.167. The second kappa shape index (κ2) is 62.4. The standard InChI is InChI=1S/C68H120O6/c1-4-7-10-13-16-19-22-25-28-30-31-32-33-34-35-36-37-39-40-43-46-49-52-55-58-61-67(70)73-64-65(63-72-66(69)60-57-54-51-48-45-42-27-24-21-18-15-12-9-6-3)74-68(71)62-59-56-53-50-47-44-41-38-29-26-23-20-17-14-11-8-5-2/h8,11,15,17-18,20,24,26-27,29,41,44,65H,4-7,9-10,12-14,16,19,21-23,25,28,30-40,42-43,45-64H2,1-3H3/b11-8-,18-15-,20-17-,27-24-,29-26-,44-41-. The first-order valence-electron chi connectivity index (χ1n) is 31.9. The fraction of sp³-hybridized carbons (Fsp3) is 0.779. The molecule has 6 heteroatoms. The summed E-state index contributed by atoms with van der Waals surface area (Å²) < 4.78 is 16.9. The maximum Gasteiger partial charge on any atom is 0.306 e. The number of hydrogen-bond donors (Lipinski definition) is 0. The topological polar surface area (TPSA) is 78.9 Å². The summed E-state index contributed by atoms with van der Waals surface area (Å²) in [6.45, 7) is 6.49. The van der Waals surface area contributed by atoms with Crippen LogP contribution in [0, 0.1) is 0 Å². The number of esters is 3. The van der Waals surface area contributed by atoms with E-state index >= 15 is 0 Å². The molecule has 0 spiro atoms. The Morgan fingerprint density at radius 2 is 0.541 bits per heavy atom. The van der Waals surface area contributed by atoms with Crippen LogP contribution < -0.4 is 0 Å². The van der Waals surface area contributed by atoms with Crippen molar-refractivity contribution >= 4 is 17.9 Å². The molecule has 0 aromatic carbocycles. The molecule has 0 aliphatic rings. The molecule has 0 heterocycles. The van der Waals surface area contributed by atoms with E-state index in [1.165, 1.54) is 161 Å². The number of allylic oxidation sites excluding steroid dienone is 12. The highest BCUT2D eigenvalue weighted by atomic mass is 16.6. The Hall–Kier alpha value is -3.15. The zero-order valence-electron chi connectivity index (χ0n) is 49.1. The number of hydrogen-bond acceptors (Lipinski definition) is 6. The van der Waals surface area contributed by atoms with Crippen molar-refractivity contribution < 1.29 is 28.6 Å². The Kier molecular flexibility index (Phi) is 59.7. The van der Waals surface area contributed by atoms with Crippen LogP contribution in [-0.2, 0) is 28.6 Å². The second-order valence-corrected chi connectivity index (χ2v) is 21.3. The van der Waals surface area contributed by atoms with Gasteiger partial charge in [-0.05, 0) is 83.5 Å². The van der Waals surface area contributed by atoms with Gasteiger partial charge in [-0.25, -0.2) is 0 Å². The van der Waals surface area contributed by atoms with Crippen molar-refractivity contribution in [2.75, 3.05) is 13.2 Å². The highest BCUT2D eigenvalue weighted by Gasteiger charge is 2.19. The van der Waals surface area contributed by atoms with Crippen LogP contribution in [-0.4, -0.2) is 37.2 Å². The van der Waals surface area contributed by atoms with Crippen molar-refractivity contribution in [2.24, 2.45) is 0 Å². The molecule has 0 fully saturated rings. The average molecular weight is 1030 g/mol. The molecule has 0 rings (SSSR count). The lowest BCUT2D eigenvalue weighted by Gasteiger charge is -2.18. The van der Waals surface area contributed by atoms with Crippen molar-refractivity contribution in [3.63, 3.8) is 0 Å². The van der Waals surface area contributed by atoms with Gasteiger partial charge in [0.2, 0.25) is 0 Å². The first kappa shape index (κ1) is 70.8. The average Bonchev–Trinajstić information content (AvgIpc) is 3.40. The molecule has 6 nitrogen and oxygen atoms in total. The number of carbonyl (C=O) groups excluding carboxylic acids is 3. The third kappa shape index (κ3) is 59.7. The molecule has 0 amide bonds. The van der Waals surface area contributed by atoms with Gasteiger partial charge in [-0.15, -0.1) is 0 Å². The quantitative estimate of drug-likeness (QED) is 0.0261. The first-order chi connectivity index (χ1) is 36.5. The Morgan fingerprint density at radius 3 is 0.865 bits per heavy atom. The zero-order chi connectivity index (χ0) is 53.6. The minimum Gasteiger partial charge on any atom is -0.462 e. The molecule has 0 aliphatic heterocycles. The number of ether oxygens (including phenoxy) is 3. The molecule has 74 heavy (non-hydrogen) atoms. The van der Waals surface area contributed by atoms with Crippen LogP contribution in [0.2, 0.25) is 0 Å². The molecule has 0 aliphatic carbocycles. The maximum atomic E-state index is 12.9. The number of rotatable bonds is 58. The van der Waals surface area contributed by atoms with Crippen LogP contribution in [0.5, 0.6) is 0 Å². The Morgan fingerprint density at radius 1 is 0.284 bits per heavy atom. The van der Waals surface area contributed by atoms with Gasteiger partial charge < -0.3 is 14.2 Å². The van der Waals surface area contributed by atoms with E-state index in [4.69, 9.17) is 14.2 Å². The summed E-state index contributed by atoms with van der Waals surface area (Å²) in [5.41, 5.74) is 0. The van der Waals surface area contributed by atoms with Gasteiger partial charge in [0.05, 0.1) is 0 Å². The molecule has 0 radical (unpaired) electrons. The highest BCUT2D eigenvalue weighted by molar-refractivity contribution is 5.71. The summed E-state index contributed by atoms with van der Waals surface area (Å²) in [4.78, 5) is 38.3. The zero-order valence-corrected chi connectivity index (χ0v) is 49.1. The third-order valence-corrected chi connectivity index (χ3v) is 13.9. The van der Waals surface area contributed by atoms with E-state index in [0.29, 0.717) is 19.3 Å². The summed E-state index contributed by atoms with van der Waals surface area (Å²) in [5, 5.41) is 0. The number of unbranched alkanes of at least 4 members (excludes halogenated alkanes) is 35. The van der Waals surface area contributed by atoms with Gasteiger partial charge in [0.1, 0.15) is 13.2 Å². The predicted octanol–water partition coefficient (Wildman–Crippen LogP) is 21.7.